The van der Waals surface area contributed by atoms with E-state index in [-0.39, 0.29) is 35.5 Å². The van der Waals surface area contributed by atoms with E-state index in [1.807, 2.05) is 42.5 Å². The number of nitrogens with zero attached hydrogens (tertiary/aromatic N) is 2. The summed E-state index contributed by atoms with van der Waals surface area (Å²) in [6.45, 7) is 0.349. The van der Waals surface area contributed by atoms with Crippen molar-refractivity contribution in [1.82, 2.24) is 5.01 Å². The van der Waals surface area contributed by atoms with Crippen LogP contribution < -0.4 is 4.74 Å². The highest BCUT2D eigenvalue weighted by Crippen LogP contribution is 2.49. The molecule has 5 nitrogen and oxygen atoms in total. The van der Waals surface area contributed by atoms with E-state index in [0.29, 0.717) is 17.4 Å². The zero-order valence-corrected chi connectivity index (χ0v) is 18.9. The number of hydrazone groups is 1. The van der Waals surface area contributed by atoms with Gasteiger partial charge in [-0.1, -0.05) is 42.0 Å². The third-order valence-corrected chi connectivity index (χ3v) is 7.34. The molecule has 158 valence electrons. The molecule has 2 aromatic carbocycles. The first-order valence-corrected chi connectivity index (χ1v) is 11.5. The van der Waals surface area contributed by atoms with Gasteiger partial charge in [-0.15, -0.1) is 0 Å². The number of fused-ring (bicyclic) bond motifs is 1. The van der Waals surface area contributed by atoms with Crippen molar-refractivity contribution in [2.75, 3.05) is 0 Å². The Bertz CT molecular complexity index is 1080. The van der Waals surface area contributed by atoms with Crippen molar-refractivity contribution in [3.05, 3.63) is 75.2 Å². The van der Waals surface area contributed by atoms with Crippen LogP contribution >= 0.6 is 27.5 Å². The lowest BCUT2D eigenvalue weighted by molar-refractivity contribution is -0.140. The minimum Gasteiger partial charge on any atom is -0.488 e. The SMILES string of the molecule is O=C1[C@H]2[C@H](C(=O)N1/N=C\c1ccc(OCc3ccccc3Cl)c(Br)c1)[C@H]1C=C[C@H]2CC1. The lowest BCUT2D eigenvalue weighted by Crippen LogP contribution is -2.38. The van der Waals surface area contributed by atoms with Gasteiger partial charge in [0.1, 0.15) is 12.4 Å². The topological polar surface area (TPSA) is 59.0 Å². The molecule has 1 heterocycles. The van der Waals surface area contributed by atoms with Gasteiger partial charge in [-0.3, -0.25) is 9.59 Å². The third-order valence-electron chi connectivity index (χ3n) is 6.36. The molecule has 2 fully saturated rings. The molecule has 4 aliphatic rings. The van der Waals surface area contributed by atoms with E-state index in [1.54, 1.807) is 6.21 Å². The Labute approximate surface area is 193 Å². The number of hydrogen-bond donors (Lipinski definition) is 0. The molecule has 0 unspecified atom stereocenters. The number of allylic oxidation sites excluding steroid dienone is 2. The number of rotatable bonds is 5. The molecule has 2 amide bonds. The molecular weight excluding hydrogens is 480 g/mol. The first kappa shape index (κ1) is 20.5. The van der Waals surface area contributed by atoms with Gasteiger partial charge >= 0.3 is 0 Å². The van der Waals surface area contributed by atoms with Gasteiger partial charge in [0.2, 0.25) is 0 Å². The van der Waals surface area contributed by atoms with Crippen molar-refractivity contribution in [3.63, 3.8) is 0 Å². The zero-order chi connectivity index (χ0) is 21.5. The Balaban J connectivity index is 1.28. The number of halogens is 2. The van der Waals surface area contributed by atoms with Crippen molar-refractivity contribution in [1.29, 1.82) is 0 Å². The average molecular weight is 500 g/mol. The number of ether oxygens (including phenoxy) is 1. The van der Waals surface area contributed by atoms with E-state index in [0.717, 1.165) is 33.5 Å². The molecule has 0 aromatic heterocycles. The number of amides is 2. The van der Waals surface area contributed by atoms with Gasteiger partial charge in [0, 0.05) is 10.6 Å². The summed E-state index contributed by atoms with van der Waals surface area (Å²) < 4.78 is 6.61. The van der Waals surface area contributed by atoms with Crippen LogP contribution in [0.3, 0.4) is 0 Å². The fourth-order valence-electron chi connectivity index (χ4n) is 4.78. The standard InChI is InChI=1S/C24H20BrClN2O3/c25-18-11-14(5-10-20(18)31-13-17-3-1-2-4-19(17)26)12-27-28-23(29)21-15-6-7-16(9-8-15)22(21)24(28)30/h1-7,10-12,15-16,21-22H,8-9,13H2/b27-12-/t15-,16-,21+,22+/m0/s1. The summed E-state index contributed by atoms with van der Waals surface area (Å²) in [4.78, 5) is 25.7. The second-order valence-corrected chi connectivity index (χ2v) is 9.41. The van der Waals surface area contributed by atoms with Crippen LogP contribution in [0.15, 0.2) is 64.2 Å². The molecule has 1 aliphatic heterocycles. The van der Waals surface area contributed by atoms with E-state index in [4.69, 9.17) is 16.3 Å². The molecule has 0 spiro atoms. The normalized spacial score (nSPS) is 26.7. The number of carbonyl (C=O) groups excluding carboxylic acids is 2. The summed E-state index contributed by atoms with van der Waals surface area (Å²) in [5.74, 6) is 0.138. The second kappa shape index (κ2) is 8.24. The summed E-state index contributed by atoms with van der Waals surface area (Å²) in [5.41, 5.74) is 1.66. The maximum atomic E-state index is 12.8. The van der Waals surface area contributed by atoms with Crippen molar-refractivity contribution in [2.45, 2.75) is 19.4 Å². The minimum atomic E-state index is -0.249. The minimum absolute atomic E-state index is 0.162. The molecule has 4 atom stereocenters. The maximum absolute atomic E-state index is 12.8. The molecule has 6 rings (SSSR count). The highest BCUT2D eigenvalue weighted by molar-refractivity contribution is 9.10. The highest BCUT2D eigenvalue weighted by atomic mass is 79.9. The van der Waals surface area contributed by atoms with Gasteiger partial charge in [0.15, 0.2) is 0 Å². The number of benzene rings is 2. The van der Waals surface area contributed by atoms with E-state index in [1.165, 1.54) is 0 Å². The third kappa shape index (κ3) is 3.72. The van der Waals surface area contributed by atoms with Crippen LogP contribution in [0.1, 0.15) is 24.0 Å². The van der Waals surface area contributed by atoms with Crippen LogP contribution in [0.2, 0.25) is 5.02 Å². The first-order valence-electron chi connectivity index (χ1n) is 10.3. The predicted octanol–water partition coefficient (Wildman–Crippen LogP) is 5.21. The molecule has 31 heavy (non-hydrogen) atoms. The van der Waals surface area contributed by atoms with E-state index >= 15 is 0 Å². The Kier molecular flexibility index (Phi) is 5.44. The first-order chi connectivity index (χ1) is 15.0. The van der Waals surface area contributed by atoms with Crippen molar-refractivity contribution >= 4 is 45.6 Å². The van der Waals surface area contributed by atoms with Crippen LogP contribution in [-0.4, -0.2) is 23.0 Å². The Morgan fingerprint density at radius 2 is 1.74 bits per heavy atom. The van der Waals surface area contributed by atoms with Crippen molar-refractivity contribution in [3.8, 4) is 5.75 Å². The molecule has 3 aliphatic carbocycles. The molecule has 1 saturated carbocycles. The predicted molar refractivity (Wildman–Crippen MR) is 122 cm³/mol. The lowest BCUT2D eigenvalue weighted by atomic mass is 9.63. The van der Waals surface area contributed by atoms with Gasteiger partial charge in [-0.25, -0.2) is 0 Å². The summed E-state index contributed by atoms with van der Waals surface area (Å²) in [6.07, 6.45) is 7.70. The molecule has 0 radical (unpaired) electrons. The summed E-state index contributed by atoms with van der Waals surface area (Å²) in [6, 6.07) is 13.0. The summed E-state index contributed by atoms with van der Waals surface area (Å²) in [5, 5.41) is 5.99. The number of imide groups is 1. The van der Waals surface area contributed by atoms with E-state index in [2.05, 4.69) is 33.2 Å². The molecule has 2 aromatic rings. The van der Waals surface area contributed by atoms with E-state index < -0.39 is 0 Å². The summed E-state index contributed by atoms with van der Waals surface area (Å²) >= 11 is 9.69. The Hall–Kier alpha value is -2.44. The van der Waals surface area contributed by atoms with Crippen LogP contribution in [-0.2, 0) is 16.2 Å². The van der Waals surface area contributed by atoms with Crippen LogP contribution in [0.4, 0.5) is 0 Å². The van der Waals surface area contributed by atoms with Gasteiger partial charge in [-0.05, 0) is 70.4 Å². The fraction of sp³-hybridized carbons (Fsp3) is 0.292. The van der Waals surface area contributed by atoms with Gasteiger partial charge in [-0.2, -0.15) is 10.1 Å². The smallest absolute Gasteiger partial charge is 0.254 e. The molecule has 0 N–H and O–H groups in total. The van der Waals surface area contributed by atoms with Crippen molar-refractivity contribution < 1.29 is 14.3 Å². The lowest BCUT2D eigenvalue weighted by Gasteiger charge is -2.37. The van der Waals surface area contributed by atoms with Crippen LogP contribution in [0.25, 0.3) is 0 Å². The van der Waals surface area contributed by atoms with Gasteiger partial charge < -0.3 is 4.74 Å². The second-order valence-electron chi connectivity index (χ2n) is 8.14. The molecule has 7 heteroatoms. The molecule has 1 saturated heterocycles. The number of carbonyl (C=O) groups is 2. The zero-order valence-electron chi connectivity index (χ0n) is 16.6. The quantitative estimate of drug-likeness (QED) is 0.322. The average Bonchev–Trinajstić information content (AvgIpc) is 3.05. The van der Waals surface area contributed by atoms with Crippen LogP contribution in [0.5, 0.6) is 5.75 Å². The molecular formula is C24H20BrClN2O3. The van der Waals surface area contributed by atoms with Gasteiger partial charge in [0.25, 0.3) is 11.8 Å². The van der Waals surface area contributed by atoms with E-state index in [9.17, 15) is 9.59 Å². The fourth-order valence-corrected chi connectivity index (χ4v) is 5.48. The monoisotopic (exact) mass is 498 g/mol. The largest absolute Gasteiger partial charge is 0.488 e. The van der Waals surface area contributed by atoms with Gasteiger partial charge in [0.05, 0.1) is 22.5 Å². The maximum Gasteiger partial charge on any atom is 0.254 e. The summed E-state index contributed by atoms with van der Waals surface area (Å²) in [7, 11) is 0. The Morgan fingerprint density at radius 1 is 1.06 bits per heavy atom. The Morgan fingerprint density at radius 3 is 2.35 bits per heavy atom. The highest BCUT2D eigenvalue weighted by Gasteiger charge is 2.56. The van der Waals surface area contributed by atoms with Crippen LogP contribution in [0, 0.1) is 23.7 Å². The number of hydrogen-bond acceptors (Lipinski definition) is 4. The molecule has 2 bridgehead atoms. The van der Waals surface area contributed by atoms with Crippen molar-refractivity contribution in [2.24, 2.45) is 28.8 Å².